The molecule has 0 amide bonds. The summed E-state index contributed by atoms with van der Waals surface area (Å²) >= 11 is 0. The average Bonchev–Trinajstić information content (AvgIpc) is 2.75. The molecule has 0 bridgehead atoms. The summed E-state index contributed by atoms with van der Waals surface area (Å²) in [7, 11) is -3.50. The van der Waals surface area contributed by atoms with Gasteiger partial charge >= 0.3 is 0 Å². The molecule has 0 aromatic carbocycles. The number of nitrogens with zero attached hydrogens (tertiary/aromatic N) is 2. The van der Waals surface area contributed by atoms with Crippen molar-refractivity contribution >= 4 is 15.8 Å². The topological polar surface area (TPSA) is 92.1 Å². The molecule has 3 N–H and O–H groups in total. The van der Waals surface area contributed by atoms with Crippen molar-refractivity contribution in [2.75, 3.05) is 18.8 Å². The van der Waals surface area contributed by atoms with Crippen LogP contribution in [-0.4, -0.2) is 36.0 Å². The lowest BCUT2D eigenvalue weighted by molar-refractivity contribution is 0.154. The SMILES string of the molecule is CC(C)(C)C1CCN(S(=O)(=O)c2cn[nH]c2N)CC1. The van der Waals surface area contributed by atoms with Crippen LogP contribution in [0.4, 0.5) is 5.82 Å². The third-order valence-corrected chi connectivity index (χ3v) is 5.85. The summed E-state index contributed by atoms with van der Waals surface area (Å²) in [5.41, 5.74) is 5.83. The number of anilines is 1. The molecule has 1 saturated heterocycles. The molecule has 0 radical (unpaired) electrons. The Morgan fingerprint density at radius 2 is 1.95 bits per heavy atom. The number of nitrogen functional groups attached to an aromatic ring is 1. The number of hydrogen-bond donors (Lipinski definition) is 2. The number of nitrogens with two attached hydrogens (primary N) is 1. The Hall–Kier alpha value is -1.08. The summed E-state index contributed by atoms with van der Waals surface area (Å²) < 4.78 is 26.3. The van der Waals surface area contributed by atoms with Crippen LogP contribution in [0.2, 0.25) is 0 Å². The quantitative estimate of drug-likeness (QED) is 0.860. The first-order valence-electron chi connectivity index (χ1n) is 6.52. The molecule has 2 heterocycles. The van der Waals surface area contributed by atoms with Gasteiger partial charge in [0, 0.05) is 13.1 Å². The second-order valence-electron chi connectivity index (χ2n) is 6.19. The van der Waals surface area contributed by atoms with E-state index in [0.717, 1.165) is 12.8 Å². The smallest absolute Gasteiger partial charge is 0.248 e. The van der Waals surface area contributed by atoms with Crippen LogP contribution in [0.5, 0.6) is 0 Å². The van der Waals surface area contributed by atoms with E-state index in [4.69, 9.17) is 5.73 Å². The Bertz CT molecular complexity index is 536. The van der Waals surface area contributed by atoms with Gasteiger partial charge in [-0.15, -0.1) is 0 Å². The number of aromatic nitrogens is 2. The molecule has 1 aliphatic rings. The molecule has 0 saturated carbocycles. The third-order valence-electron chi connectivity index (χ3n) is 3.93. The van der Waals surface area contributed by atoms with Crippen molar-refractivity contribution in [3.05, 3.63) is 6.20 Å². The van der Waals surface area contributed by atoms with Gasteiger partial charge in [0.2, 0.25) is 10.0 Å². The van der Waals surface area contributed by atoms with Crippen LogP contribution in [0.25, 0.3) is 0 Å². The molecule has 1 aromatic heterocycles. The number of nitrogens with one attached hydrogen (secondary N) is 1. The van der Waals surface area contributed by atoms with E-state index in [9.17, 15) is 8.42 Å². The molecule has 1 aliphatic heterocycles. The number of aromatic amines is 1. The van der Waals surface area contributed by atoms with E-state index in [1.165, 1.54) is 10.5 Å². The van der Waals surface area contributed by atoms with Gasteiger partial charge in [-0.3, -0.25) is 5.10 Å². The molecule has 0 unspecified atom stereocenters. The van der Waals surface area contributed by atoms with Crippen molar-refractivity contribution in [2.24, 2.45) is 11.3 Å². The van der Waals surface area contributed by atoms with Gasteiger partial charge in [0.1, 0.15) is 10.7 Å². The zero-order valence-electron chi connectivity index (χ0n) is 11.7. The molecular formula is C12H22N4O2S. The monoisotopic (exact) mass is 286 g/mol. The molecule has 0 spiro atoms. The van der Waals surface area contributed by atoms with Crippen molar-refractivity contribution in [1.82, 2.24) is 14.5 Å². The highest BCUT2D eigenvalue weighted by atomic mass is 32.2. The number of rotatable bonds is 2. The van der Waals surface area contributed by atoms with E-state index in [1.807, 2.05) is 0 Å². The molecule has 1 fully saturated rings. The molecule has 108 valence electrons. The molecule has 0 aliphatic carbocycles. The van der Waals surface area contributed by atoms with E-state index in [1.54, 1.807) is 0 Å². The van der Waals surface area contributed by atoms with Gasteiger partial charge in [-0.2, -0.15) is 9.40 Å². The fourth-order valence-electron chi connectivity index (χ4n) is 2.59. The van der Waals surface area contributed by atoms with Crippen LogP contribution < -0.4 is 5.73 Å². The second kappa shape index (κ2) is 4.79. The van der Waals surface area contributed by atoms with E-state index < -0.39 is 10.0 Å². The van der Waals surface area contributed by atoms with E-state index in [2.05, 4.69) is 31.0 Å². The van der Waals surface area contributed by atoms with Crippen molar-refractivity contribution in [3.8, 4) is 0 Å². The van der Waals surface area contributed by atoms with Gasteiger partial charge in [0.15, 0.2) is 0 Å². The van der Waals surface area contributed by atoms with Crippen molar-refractivity contribution in [3.63, 3.8) is 0 Å². The van der Waals surface area contributed by atoms with Crippen LogP contribution in [0.1, 0.15) is 33.6 Å². The molecular weight excluding hydrogens is 264 g/mol. The lowest BCUT2D eigenvalue weighted by atomic mass is 9.76. The Morgan fingerprint density at radius 1 is 1.37 bits per heavy atom. The van der Waals surface area contributed by atoms with E-state index in [-0.39, 0.29) is 16.1 Å². The lowest BCUT2D eigenvalue weighted by Crippen LogP contribution is -2.41. The highest BCUT2D eigenvalue weighted by Gasteiger charge is 2.35. The summed E-state index contributed by atoms with van der Waals surface area (Å²) in [6, 6.07) is 0. The Kier molecular flexibility index (Phi) is 3.61. The summed E-state index contributed by atoms with van der Waals surface area (Å²) in [6.45, 7) is 7.71. The Morgan fingerprint density at radius 3 is 2.37 bits per heavy atom. The first kappa shape index (κ1) is 14.3. The summed E-state index contributed by atoms with van der Waals surface area (Å²) in [5, 5.41) is 6.15. The molecule has 0 atom stereocenters. The minimum Gasteiger partial charge on any atom is -0.383 e. The van der Waals surface area contributed by atoms with Gasteiger partial charge < -0.3 is 5.73 Å². The summed E-state index contributed by atoms with van der Waals surface area (Å²) in [5.74, 6) is 0.665. The number of hydrogen-bond acceptors (Lipinski definition) is 4. The van der Waals surface area contributed by atoms with E-state index in [0.29, 0.717) is 19.0 Å². The van der Waals surface area contributed by atoms with Gasteiger partial charge in [0.25, 0.3) is 0 Å². The summed E-state index contributed by atoms with van der Waals surface area (Å²) in [6.07, 6.45) is 3.06. The fourth-order valence-corrected chi connectivity index (χ4v) is 4.07. The minimum absolute atomic E-state index is 0.0849. The van der Waals surface area contributed by atoms with Crippen LogP contribution in [0, 0.1) is 11.3 Å². The van der Waals surface area contributed by atoms with Gasteiger partial charge in [-0.1, -0.05) is 20.8 Å². The fraction of sp³-hybridized carbons (Fsp3) is 0.750. The lowest BCUT2D eigenvalue weighted by Gasteiger charge is -2.38. The zero-order chi connectivity index (χ0) is 14.3. The van der Waals surface area contributed by atoms with Crippen molar-refractivity contribution in [1.29, 1.82) is 0 Å². The van der Waals surface area contributed by atoms with Crippen LogP contribution in [-0.2, 0) is 10.0 Å². The minimum atomic E-state index is -3.50. The van der Waals surface area contributed by atoms with Gasteiger partial charge in [-0.05, 0) is 24.2 Å². The van der Waals surface area contributed by atoms with Crippen LogP contribution >= 0.6 is 0 Å². The zero-order valence-corrected chi connectivity index (χ0v) is 12.5. The van der Waals surface area contributed by atoms with Gasteiger partial charge in [-0.25, -0.2) is 8.42 Å². The second-order valence-corrected chi connectivity index (χ2v) is 8.10. The Balaban J connectivity index is 2.12. The predicted molar refractivity (Wildman–Crippen MR) is 73.9 cm³/mol. The summed E-state index contributed by atoms with van der Waals surface area (Å²) in [4.78, 5) is 0.0849. The van der Waals surface area contributed by atoms with Crippen LogP contribution in [0.15, 0.2) is 11.1 Å². The standard InChI is InChI=1S/C12H22N4O2S/c1-12(2,3)9-4-6-16(7-5-9)19(17,18)10-8-14-15-11(10)13/h8-9H,4-7H2,1-3H3,(H3,13,14,15). The number of piperidine rings is 1. The maximum Gasteiger partial charge on any atom is 0.248 e. The van der Waals surface area contributed by atoms with Crippen molar-refractivity contribution in [2.45, 2.75) is 38.5 Å². The van der Waals surface area contributed by atoms with E-state index >= 15 is 0 Å². The first-order valence-corrected chi connectivity index (χ1v) is 7.96. The molecule has 2 rings (SSSR count). The molecule has 19 heavy (non-hydrogen) atoms. The highest BCUT2D eigenvalue weighted by Crippen LogP contribution is 2.35. The normalized spacial score (nSPS) is 19.7. The van der Waals surface area contributed by atoms with Gasteiger partial charge in [0.05, 0.1) is 6.20 Å². The highest BCUT2D eigenvalue weighted by molar-refractivity contribution is 7.89. The first-order chi connectivity index (χ1) is 8.73. The van der Waals surface area contributed by atoms with Crippen LogP contribution in [0.3, 0.4) is 0 Å². The number of sulfonamides is 1. The molecule has 7 heteroatoms. The maximum absolute atomic E-state index is 12.4. The average molecular weight is 286 g/mol. The predicted octanol–water partition coefficient (Wildman–Crippen LogP) is 1.44. The molecule has 6 nitrogen and oxygen atoms in total. The number of H-pyrrole nitrogens is 1. The molecule has 1 aromatic rings. The largest absolute Gasteiger partial charge is 0.383 e. The maximum atomic E-state index is 12.4. The Labute approximate surface area is 114 Å². The third kappa shape index (κ3) is 2.76. The van der Waals surface area contributed by atoms with Crippen molar-refractivity contribution < 1.29 is 8.42 Å².